The molecule has 0 bridgehead atoms. The number of aromatic nitrogens is 2. The average Bonchev–Trinajstić information content (AvgIpc) is 3.31. The van der Waals surface area contributed by atoms with Crippen molar-refractivity contribution in [3.8, 4) is 0 Å². The van der Waals surface area contributed by atoms with Gasteiger partial charge >= 0.3 is 0 Å². The van der Waals surface area contributed by atoms with Crippen molar-refractivity contribution < 1.29 is 4.79 Å². The van der Waals surface area contributed by atoms with Gasteiger partial charge in [0.1, 0.15) is 0 Å². The third kappa shape index (κ3) is 2.84. The molecule has 0 spiro atoms. The molecule has 0 atom stereocenters. The Labute approximate surface area is 117 Å². The molecular weight excluding hydrogens is 256 g/mol. The molecule has 20 heavy (non-hydrogen) atoms. The number of likely N-dealkylation sites (tertiary alicyclic amines) is 1. The van der Waals surface area contributed by atoms with Crippen molar-refractivity contribution in [2.75, 3.05) is 25.0 Å². The summed E-state index contributed by atoms with van der Waals surface area (Å²) in [7, 11) is 0. The van der Waals surface area contributed by atoms with E-state index in [-0.39, 0.29) is 23.8 Å². The van der Waals surface area contributed by atoms with E-state index in [4.69, 9.17) is 0 Å². The summed E-state index contributed by atoms with van der Waals surface area (Å²) in [5.74, 6) is 0.331. The molecule has 0 aromatic carbocycles. The van der Waals surface area contributed by atoms with Crippen LogP contribution in [0.25, 0.3) is 0 Å². The van der Waals surface area contributed by atoms with Crippen LogP contribution in [0, 0.1) is 0 Å². The van der Waals surface area contributed by atoms with Gasteiger partial charge < -0.3 is 14.8 Å². The first-order valence-electron chi connectivity index (χ1n) is 7.34. The third-order valence-electron chi connectivity index (χ3n) is 3.92. The summed E-state index contributed by atoms with van der Waals surface area (Å²) >= 11 is 0. The van der Waals surface area contributed by atoms with E-state index in [9.17, 15) is 9.59 Å². The number of hydrogen-bond acceptors (Lipinski definition) is 4. The zero-order valence-electron chi connectivity index (χ0n) is 11.5. The topological polar surface area (TPSA) is 67.2 Å². The average molecular weight is 276 g/mol. The zero-order valence-corrected chi connectivity index (χ0v) is 11.5. The van der Waals surface area contributed by atoms with Crippen LogP contribution < -0.4 is 10.9 Å². The van der Waals surface area contributed by atoms with Crippen LogP contribution in [-0.4, -0.2) is 40.0 Å². The first-order valence-corrected chi connectivity index (χ1v) is 7.34. The predicted molar refractivity (Wildman–Crippen MR) is 75.7 cm³/mol. The Bertz CT molecular complexity index is 544. The maximum absolute atomic E-state index is 12.2. The largest absolute Gasteiger partial charge is 0.356 e. The molecule has 2 fully saturated rings. The van der Waals surface area contributed by atoms with Crippen LogP contribution in [0.1, 0.15) is 38.1 Å². The number of amides is 1. The van der Waals surface area contributed by atoms with Crippen molar-refractivity contribution in [2.45, 2.75) is 38.1 Å². The SMILES string of the molecule is O=C(CNc1nccn(C2CC2)c1=O)N1CCCCC1. The van der Waals surface area contributed by atoms with Crippen LogP contribution in [0.5, 0.6) is 0 Å². The van der Waals surface area contributed by atoms with Crippen LogP contribution in [0.15, 0.2) is 17.2 Å². The van der Waals surface area contributed by atoms with Crippen LogP contribution >= 0.6 is 0 Å². The van der Waals surface area contributed by atoms with E-state index >= 15 is 0 Å². The lowest BCUT2D eigenvalue weighted by atomic mass is 10.1. The zero-order chi connectivity index (χ0) is 13.9. The molecule has 1 saturated heterocycles. The van der Waals surface area contributed by atoms with Crippen LogP contribution in [0.3, 0.4) is 0 Å². The maximum Gasteiger partial charge on any atom is 0.293 e. The van der Waals surface area contributed by atoms with Gasteiger partial charge in [0, 0.05) is 31.5 Å². The van der Waals surface area contributed by atoms with Gasteiger partial charge in [0.25, 0.3) is 5.56 Å². The number of carbonyl (C=O) groups is 1. The molecular formula is C14H20N4O2. The van der Waals surface area contributed by atoms with Crippen LogP contribution in [0.2, 0.25) is 0 Å². The smallest absolute Gasteiger partial charge is 0.293 e. The van der Waals surface area contributed by atoms with E-state index in [0.717, 1.165) is 38.8 Å². The Morgan fingerprint density at radius 3 is 2.75 bits per heavy atom. The van der Waals surface area contributed by atoms with Crippen LogP contribution in [-0.2, 0) is 4.79 Å². The highest BCUT2D eigenvalue weighted by Gasteiger charge is 2.25. The van der Waals surface area contributed by atoms with Gasteiger partial charge in [0.15, 0.2) is 5.82 Å². The van der Waals surface area contributed by atoms with E-state index < -0.39 is 0 Å². The molecule has 1 amide bonds. The van der Waals surface area contributed by atoms with Gasteiger partial charge in [0.05, 0.1) is 6.54 Å². The monoisotopic (exact) mass is 276 g/mol. The third-order valence-corrected chi connectivity index (χ3v) is 3.92. The summed E-state index contributed by atoms with van der Waals surface area (Å²) in [6.07, 6.45) is 8.79. The molecule has 0 radical (unpaired) electrons. The molecule has 108 valence electrons. The maximum atomic E-state index is 12.2. The molecule has 1 aromatic heterocycles. The number of anilines is 1. The quantitative estimate of drug-likeness (QED) is 0.891. The number of nitrogens with zero attached hydrogens (tertiary/aromatic N) is 3. The fourth-order valence-electron chi connectivity index (χ4n) is 2.60. The minimum absolute atomic E-state index is 0.0488. The van der Waals surface area contributed by atoms with Crippen molar-refractivity contribution in [3.63, 3.8) is 0 Å². The van der Waals surface area contributed by atoms with Crippen molar-refractivity contribution in [1.29, 1.82) is 0 Å². The lowest BCUT2D eigenvalue weighted by Gasteiger charge is -2.26. The minimum atomic E-state index is -0.124. The Balaban J connectivity index is 1.61. The Hall–Kier alpha value is -1.85. The van der Waals surface area contributed by atoms with Gasteiger partial charge in [0.2, 0.25) is 5.91 Å². The van der Waals surface area contributed by atoms with Gasteiger partial charge in [-0.3, -0.25) is 9.59 Å². The fraction of sp³-hybridized carbons (Fsp3) is 0.643. The standard InChI is InChI=1S/C14H20N4O2/c19-12(17-7-2-1-3-8-17)10-16-13-14(20)18(9-6-15-13)11-4-5-11/h6,9,11H,1-5,7-8,10H2,(H,15,16). The highest BCUT2D eigenvalue weighted by molar-refractivity contribution is 5.80. The molecule has 1 aliphatic heterocycles. The van der Waals surface area contributed by atoms with Crippen molar-refractivity contribution in [2.24, 2.45) is 0 Å². The molecule has 2 aliphatic rings. The van der Waals surface area contributed by atoms with Gasteiger partial charge in [-0.15, -0.1) is 0 Å². The second-order valence-corrected chi connectivity index (χ2v) is 5.51. The van der Waals surface area contributed by atoms with Crippen molar-refractivity contribution in [1.82, 2.24) is 14.5 Å². The second kappa shape index (κ2) is 5.64. The minimum Gasteiger partial charge on any atom is -0.356 e. The highest BCUT2D eigenvalue weighted by Crippen LogP contribution is 2.33. The summed E-state index contributed by atoms with van der Waals surface area (Å²) in [6.45, 7) is 1.81. The summed E-state index contributed by atoms with van der Waals surface area (Å²) in [5, 5.41) is 2.90. The Morgan fingerprint density at radius 2 is 2.05 bits per heavy atom. The van der Waals surface area contributed by atoms with Crippen molar-refractivity contribution >= 4 is 11.7 Å². The van der Waals surface area contributed by atoms with Gasteiger partial charge in [-0.25, -0.2) is 4.98 Å². The molecule has 1 N–H and O–H groups in total. The lowest BCUT2D eigenvalue weighted by molar-refractivity contribution is -0.130. The van der Waals surface area contributed by atoms with Gasteiger partial charge in [-0.1, -0.05) is 0 Å². The van der Waals surface area contributed by atoms with E-state index in [1.54, 1.807) is 17.0 Å². The Morgan fingerprint density at radius 1 is 1.30 bits per heavy atom. The number of piperidine rings is 1. The van der Waals surface area contributed by atoms with E-state index in [1.165, 1.54) is 6.42 Å². The number of nitrogens with one attached hydrogen (secondary N) is 1. The van der Waals surface area contributed by atoms with E-state index in [2.05, 4.69) is 10.3 Å². The molecule has 1 aromatic rings. The van der Waals surface area contributed by atoms with E-state index in [0.29, 0.717) is 6.04 Å². The number of rotatable bonds is 4. The fourth-order valence-corrected chi connectivity index (χ4v) is 2.60. The van der Waals surface area contributed by atoms with Crippen molar-refractivity contribution in [3.05, 3.63) is 22.7 Å². The first kappa shape index (κ1) is 13.1. The molecule has 2 heterocycles. The summed E-state index contributed by atoms with van der Waals surface area (Å²) in [6, 6.07) is 0.323. The number of carbonyl (C=O) groups excluding carboxylic acids is 1. The number of hydrogen-bond donors (Lipinski definition) is 1. The first-order chi connectivity index (χ1) is 9.75. The molecule has 3 rings (SSSR count). The second-order valence-electron chi connectivity index (χ2n) is 5.51. The normalized spacial score (nSPS) is 18.9. The summed E-state index contributed by atoms with van der Waals surface area (Å²) in [5.41, 5.74) is -0.124. The molecule has 1 saturated carbocycles. The summed E-state index contributed by atoms with van der Waals surface area (Å²) < 4.78 is 1.71. The van der Waals surface area contributed by atoms with Gasteiger partial charge in [-0.2, -0.15) is 0 Å². The van der Waals surface area contributed by atoms with Gasteiger partial charge in [-0.05, 0) is 32.1 Å². The molecule has 6 nitrogen and oxygen atoms in total. The lowest BCUT2D eigenvalue weighted by Crippen LogP contribution is -2.39. The Kier molecular flexibility index (Phi) is 3.71. The molecule has 0 unspecified atom stereocenters. The van der Waals surface area contributed by atoms with Crippen LogP contribution in [0.4, 0.5) is 5.82 Å². The highest BCUT2D eigenvalue weighted by atomic mass is 16.2. The summed E-state index contributed by atoms with van der Waals surface area (Å²) in [4.78, 5) is 30.1. The van der Waals surface area contributed by atoms with E-state index in [1.807, 2.05) is 4.90 Å². The predicted octanol–water partition coefficient (Wildman–Crippen LogP) is 1.00. The molecule has 1 aliphatic carbocycles. The molecule has 6 heteroatoms.